The van der Waals surface area contributed by atoms with E-state index in [4.69, 9.17) is 14.5 Å². The first-order valence-electron chi connectivity index (χ1n) is 18.9. The predicted octanol–water partition coefficient (Wildman–Crippen LogP) is 2.99. The topological polar surface area (TPSA) is 225 Å². The second-order valence-electron chi connectivity index (χ2n) is 15.3. The molecule has 4 N–H and O–H groups in total. The number of halogens is 1. The van der Waals surface area contributed by atoms with E-state index in [2.05, 4.69) is 20.9 Å². The third-order valence-corrected chi connectivity index (χ3v) is 13.7. The number of hydrogen-bond acceptors (Lipinski definition) is 13. The summed E-state index contributed by atoms with van der Waals surface area (Å²) in [5.74, 6) is -3.50. The molecule has 0 bridgehead atoms. The van der Waals surface area contributed by atoms with Crippen molar-refractivity contribution in [1.29, 1.82) is 0 Å². The number of nitrogens with one attached hydrogen (secondary N) is 3. The van der Waals surface area contributed by atoms with Gasteiger partial charge in [-0.05, 0) is 54.7 Å². The van der Waals surface area contributed by atoms with E-state index in [-0.39, 0.29) is 58.3 Å². The molecule has 16 nitrogen and oxygen atoms in total. The SMILES string of the molecule is CC[C@@]1(O)C(=O)OCc2c1cc1n(c2=O)Cc2c-1nc1ccc(NC(=O)[C@H](C)NC(=O)[C@@H](NC(=O)Cc3cc4sc(S(C)(=O)=O)nc4cc3F)C(C)C)c3c1c2CCO3. The Balaban J connectivity index is 0.989. The van der Waals surface area contributed by atoms with Gasteiger partial charge in [-0.15, -0.1) is 11.3 Å². The minimum atomic E-state index is -3.61. The molecule has 8 rings (SSSR count). The smallest absolute Gasteiger partial charge is 0.343 e. The molecule has 5 aromatic rings. The minimum Gasteiger partial charge on any atom is -0.490 e. The maximum absolute atomic E-state index is 14.9. The molecule has 308 valence electrons. The quantitative estimate of drug-likeness (QED) is 0.146. The van der Waals surface area contributed by atoms with E-state index in [9.17, 15) is 41.9 Å². The average molecular weight is 847 g/mol. The average Bonchev–Trinajstić information content (AvgIpc) is 3.78. The van der Waals surface area contributed by atoms with Gasteiger partial charge < -0.3 is 35.1 Å². The molecule has 19 heteroatoms. The Labute approximate surface area is 340 Å². The number of esters is 1. The number of sulfone groups is 1. The Hall–Kier alpha value is -5.79. The van der Waals surface area contributed by atoms with E-state index in [0.29, 0.717) is 44.8 Å². The number of amides is 3. The van der Waals surface area contributed by atoms with Crippen molar-refractivity contribution in [3.63, 3.8) is 0 Å². The lowest BCUT2D eigenvalue weighted by Crippen LogP contribution is -2.54. The zero-order valence-electron chi connectivity index (χ0n) is 32.5. The van der Waals surface area contributed by atoms with Gasteiger partial charge in [-0.2, -0.15) is 0 Å². The lowest BCUT2D eigenvalue weighted by atomic mass is 9.86. The fraction of sp³-hybridized carbons (Fsp3) is 0.375. The number of carbonyl (C=O) groups excluding carboxylic acids is 4. The molecule has 0 saturated carbocycles. The molecule has 3 aromatic heterocycles. The fourth-order valence-electron chi connectivity index (χ4n) is 7.82. The molecule has 59 heavy (non-hydrogen) atoms. The largest absolute Gasteiger partial charge is 0.490 e. The van der Waals surface area contributed by atoms with Crippen molar-refractivity contribution in [2.45, 2.75) is 82.1 Å². The highest BCUT2D eigenvalue weighted by molar-refractivity contribution is 7.92. The molecule has 3 aliphatic rings. The molecule has 3 aliphatic heterocycles. The zero-order chi connectivity index (χ0) is 42.3. The van der Waals surface area contributed by atoms with E-state index in [1.807, 2.05) is 0 Å². The number of cyclic esters (lactones) is 1. The maximum atomic E-state index is 14.9. The molecule has 0 saturated heterocycles. The van der Waals surface area contributed by atoms with Crippen LogP contribution in [0.4, 0.5) is 10.1 Å². The Morgan fingerprint density at radius 3 is 2.49 bits per heavy atom. The van der Waals surface area contributed by atoms with Gasteiger partial charge in [0.1, 0.15) is 24.5 Å². The molecule has 0 unspecified atom stereocenters. The van der Waals surface area contributed by atoms with E-state index >= 15 is 0 Å². The third-order valence-electron chi connectivity index (χ3n) is 11.0. The number of anilines is 1. The van der Waals surface area contributed by atoms with Crippen LogP contribution in [0.1, 0.15) is 61.9 Å². The number of pyridine rings is 2. The molecule has 0 fully saturated rings. The second kappa shape index (κ2) is 14.5. The van der Waals surface area contributed by atoms with Gasteiger partial charge in [0.25, 0.3) is 5.56 Å². The summed E-state index contributed by atoms with van der Waals surface area (Å²) in [6.07, 6.45) is 1.07. The summed E-state index contributed by atoms with van der Waals surface area (Å²) in [4.78, 5) is 75.3. The van der Waals surface area contributed by atoms with Crippen molar-refractivity contribution in [3.8, 4) is 17.1 Å². The van der Waals surface area contributed by atoms with Gasteiger partial charge in [-0.25, -0.2) is 27.6 Å². The Morgan fingerprint density at radius 1 is 1.02 bits per heavy atom. The molecule has 0 spiro atoms. The van der Waals surface area contributed by atoms with Crippen LogP contribution in [0.15, 0.2) is 39.5 Å². The third kappa shape index (κ3) is 6.79. The summed E-state index contributed by atoms with van der Waals surface area (Å²) in [6.45, 7) is 6.74. The number of thiazole rings is 1. The Morgan fingerprint density at radius 2 is 1.78 bits per heavy atom. The number of rotatable bonds is 10. The van der Waals surface area contributed by atoms with E-state index in [0.717, 1.165) is 34.8 Å². The molecular formula is C40H39FN6O10S2. The van der Waals surface area contributed by atoms with Crippen LogP contribution in [-0.2, 0) is 65.3 Å². The highest BCUT2D eigenvalue weighted by atomic mass is 32.2. The van der Waals surface area contributed by atoms with Gasteiger partial charge >= 0.3 is 5.97 Å². The highest BCUT2D eigenvalue weighted by Gasteiger charge is 2.45. The molecular weight excluding hydrogens is 808 g/mol. The number of hydrogen-bond donors (Lipinski definition) is 4. The zero-order valence-corrected chi connectivity index (χ0v) is 34.2. The van der Waals surface area contributed by atoms with E-state index < -0.39 is 69.4 Å². The molecule has 6 heterocycles. The number of aromatic nitrogens is 3. The van der Waals surface area contributed by atoms with Crippen molar-refractivity contribution in [1.82, 2.24) is 25.2 Å². The monoisotopic (exact) mass is 846 g/mol. The second-order valence-corrected chi connectivity index (χ2v) is 18.5. The number of benzene rings is 2. The van der Waals surface area contributed by atoms with Gasteiger partial charge in [0.2, 0.25) is 31.9 Å². The normalized spacial score (nSPS) is 17.7. The van der Waals surface area contributed by atoms with Crippen molar-refractivity contribution >= 4 is 71.7 Å². The summed E-state index contributed by atoms with van der Waals surface area (Å²) in [7, 11) is -3.61. The molecule has 3 amide bonds. The van der Waals surface area contributed by atoms with Crippen LogP contribution in [0.25, 0.3) is 32.5 Å². The van der Waals surface area contributed by atoms with Crippen molar-refractivity contribution in [2.24, 2.45) is 5.92 Å². The standard InChI is InChI=1S/C40H39FN6O10S2/c1-6-40(53)23-13-28-33-21(15-47(28)37(51)22(23)16-57-38(40)52)20-9-10-56-34-26(8-7-25(43-33)31(20)34)44-35(49)18(4)42-36(50)32(17(2)3)46-30(48)12-19-11-29-27(14-24(19)41)45-39(58-29)59(5,54)55/h7-8,11,13-14,17-18,32,53H,6,9-10,12,15-16H2,1-5H3,(H,42,50)(H,44,49)(H,46,48)/t18-,32-,40-/m0/s1. The number of ether oxygens (including phenoxy) is 2. The molecule has 0 aliphatic carbocycles. The Kier molecular flexibility index (Phi) is 9.83. The first-order chi connectivity index (χ1) is 27.9. The number of nitrogens with zero attached hydrogens (tertiary/aromatic N) is 3. The molecule has 0 radical (unpaired) electrons. The highest BCUT2D eigenvalue weighted by Crippen LogP contribution is 2.45. The first-order valence-corrected chi connectivity index (χ1v) is 21.6. The maximum Gasteiger partial charge on any atom is 0.343 e. The summed E-state index contributed by atoms with van der Waals surface area (Å²) in [6, 6.07) is 5.25. The predicted molar refractivity (Wildman–Crippen MR) is 213 cm³/mol. The van der Waals surface area contributed by atoms with Crippen LogP contribution in [0.5, 0.6) is 5.75 Å². The van der Waals surface area contributed by atoms with Gasteiger partial charge in [0.05, 0.1) is 57.9 Å². The first kappa shape index (κ1) is 40.0. The summed E-state index contributed by atoms with van der Waals surface area (Å²) < 4.78 is 51.9. The van der Waals surface area contributed by atoms with E-state index in [1.54, 1.807) is 43.5 Å². The van der Waals surface area contributed by atoms with Crippen LogP contribution >= 0.6 is 11.3 Å². The summed E-state index contributed by atoms with van der Waals surface area (Å²) in [5, 5.41) is 20.0. The lowest BCUT2D eigenvalue weighted by molar-refractivity contribution is -0.172. The van der Waals surface area contributed by atoms with Gasteiger partial charge in [-0.3, -0.25) is 19.2 Å². The van der Waals surface area contributed by atoms with Gasteiger partial charge in [0, 0.05) is 35.3 Å². The lowest BCUT2D eigenvalue weighted by Gasteiger charge is -2.31. The Bertz CT molecular complexity index is 2860. The summed E-state index contributed by atoms with van der Waals surface area (Å²) >= 11 is 0.861. The summed E-state index contributed by atoms with van der Waals surface area (Å²) in [5.41, 5.74) is 1.80. The van der Waals surface area contributed by atoms with Gasteiger partial charge in [0.15, 0.2) is 11.4 Å². The van der Waals surface area contributed by atoms with Crippen LogP contribution < -0.4 is 26.2 Å². The fourth-order valence-corrected chi connectivity index (χ4v) is 9.70. The minimum absolute atomic E-state index is 0.00563. The van der Waals surface area contributed by atoms with Crippen molar-refractivity contribution in [2.75, 3.05) is 18.2 Å². The van der Waals surface area contributed by atoms with Crippen molar-refractivity contribution < 1.29 is 46.6 Å². The van der Waals surface area contributed by atoms with Crippen LogP contribution in [0, 0.1) is 11.7 Å². The van der Waals surface area contributed by atoms with Crippen LogP contribution in [-0.4, -0.2) is 76.7 Å². The molecule has 3 atom stereocenters. The number of aliphatic hydroxyl groups is 1. The van der Waals surface area contributed by atoms with Crippen molar-refractivity contribution in [3.05, 3.63) is 74.3 Å². The van der Waals surface area contributed by atoms with Crippen LogP contribution in [0.3, 0.4) is 0 Å². The number of fused-ring (bicyclic) bond motifs is 6. The molecule has 2 aromatic carbocycles. The van der Waals surface area contributed by atoms with Crippen LogP contribution in [0.2, 0.25) is 0 Å². The van der Waals surface area contributed by atoms with E-state index in [1.165, 1.54) is 13.0 Å². The number of carbonyl (C=O) groups is 4. The van der Waals surface area contributed by atoms with Gasteiger partial charge in [-0.1, -0.05) is 20.8 Å².